The van der Waals surface area contributed by atoms with Gasteiger partial charge in [0.25, 0.3) is 0 Å². The molecule has 0 aliphatic heterocycles. The molecule has 0 fully saturated rings. The van der Waals surface area contributed by atoms with Gasteiger partial charge in [0.05, 0.1) is 0 Å². The number of benzene rings is 3. The molecule has 1 atom stereocenters. The Balaban J connectivity index is 1.80. The Bertz CT molecular complexity index is 1550. The molecule has 0 amide bonds. The minimum atomic E-state index is -2.34. The highest BCUT2D eigenvalue weighted by molar-refractivity contribution is 5.84. The fourth-order valence-corrected chi connectivity index (χ4v) is 4.83. The van der Waals surface area contributed by atoms with Crippen LogP contribution < -0.4 is 4.57 Å². The molecule has 0 bridgehead atoms. The van der Waals surface area contributed by atoms with Crippen molar-refractivity contribution in [1.29, 1.82) is 0 Å². The molecule has 3 aromatic carbocycles. The van der Waals surface area contributed by atoms with Gasteiger partial charge in [-0.1, -0.05) is 67.9 Å². The first-order chi connectivity index (χ1) is 17.2. The van der Waals surface area contributed by atoms with Gasteiger partial charge in [-0.15, -0.1) is 0 Å². The molecule has 31 heavy (non-hydrogen) atoms. The van der Waals surface area contributed by atoms with Crippen LogP contribution in [0.3, 0.4) is 0 Å². The third-order valence-electron chi connectivity index (χ3n) is 6.57. The molecule has 1 heterocycles. The summed E-state index contributed by atoms with van der Waals surface area (Å²) in [6.45, 7) is 1.14. The lowest BCUT2D eigenvalue weighted by atomic mass is 9.81. The van der Waals surface area contributed by atoms with Gasteiger partial charge in [-0.2, -0.15) is 0 Å². The second-order valence-electron chi connectivity index (χ2n) is 8.85. The molecule has 1 aliphatic rings. The Morgan fingerprint density at radius 1 is 0.774 bits per heavy atom. The maximum absolute atomic E-state index is 8.51. The number of hydrogen-bond donors (Lipinski definition) is 0. The van der Waals surface area contributed by atoms with Gasteiger partial charge in [0.15, 0.2) is 6.20 Å². The minimum Gasteiger partial charge on any atom is -0.201 e. The van der Waals surface area contributed by atoms with Crippen LogP contribution in [0.4, 0.5) is 0 Å². The van der Waals surface area contributed by atoms with Gasteiger partial charge in [0, 0.05) is 30.8 Å². The number of aryl methyl sites for hydroxylation is 4. The van der Waals surface area contributed by atoms with Gasteiger partial charge in [0.1, 0.15) is 7.05 Å². The third-order valence-corrected chi connectivity index (χ3v) is 6.57. The Kier molecular flexibility index (Phi) is 3.12. The number of hydrogen-bond acceptors (Lipinski definition) is 0. The summed E-state index contributed by atoms with van der Waals surface area (Å²) in [7, 11) is 1.86. The molecule has 0 radical (unpaired) electrons. The van der Waals surface area contributed by atoms with Crippen molar-refractivity contribution in [2.75, 3.05) is 0 Å². The van der Waals surface area contributed by atoms with Crippen LogP contribution in [-0.4, -0.2) is 0 Å². The van der Waals surface area contributed by atoms with Crippen LogP contribution in [0.15, 0.2) is 72.9 Å². The average Bonchev–Trinajstić information content (AvgIpc) is 3.07. The Labute approximate surface area is 194 Å². The lowest BCUT2D eigenvalue weighted by Crippen LogP contribution is -2.31. The first-order valence-corrected chi connectivity index (χ1v) is 10.6. The molecule has 0 saturated heterocycles. The Morgan fingerprint density at radius 3 is 2.26 bits per heavy atom. The van der Waals surface area contributed by atoms with Crippen LogP contribution in [0.2, 0.25) is 0 Å². The van der Waals surface area contributed by atoms with Gasteiger partial charge in [-0.05, 0) is 71.8 Å². The summed E-state index contributed by atoms with van der Waals surface area (Å²) in [5.74, 6) is 0. The molecule has 0 spiro atoms. The first kappa shape index (κ1) is 14.0. The van der Waals surface area contributed by atoms with E-state index >= 15 is 0 Å². The Hall–Kier alpha value is -3.19. The summed E-state index contributed by atoms with van der Waals surface area (Å²) < 4.78 is 52.2. The summed E-state index contributed by atoms with van der Waals surface area (Å²) >= 11 is 0. The number of aromatic nitrogens is 1. The van der Waals surface area contributed by atoms with Crippen molar-refractivity contribution >= 4 is 0 Å². The summed E-state index contributed by atoms with van der Waals surface area (Å²) in [6, 6.07) is 21.6. The largest absolute Gasteiger partial charge is 0.213 e. The molecule has 0 N–H and O–H groups in total. The van der Waals surface area contributed by atoms with E-state index in [0.29, 0.717) is 16.7 Å². The summed E-state index contributed by atoms with van der Waals surface area (Å²) in [5, 5.41) is 0. The van der Waals surface area contributed by atoms with Crippen molar-refractivity contribution in [2.24, 2.45) is 7.05 Å². The standard InChI is InChI=1S/C30H30N/c1-19-11-13-24-25-14-12-22(16-28(25)30(4,5)27(24)15-19)26-17-29(31(6)18-21(26)3)23-10-8-7-9-20(23)2/h7-18H,1-6H3/q+1/i3D3,4D3. The number of rotatable bonds is 2. The predicted octanol–water partition coefficient (Wildman–Crippen LogP) is 7.08. The van der Waals surface area contributed by atoms with Gasteiger partial charge in [0.2, 0.25) is 5.69 Å². The van der Waals surface area contributed by atoms with E-state index in [1.165, 1.54) is 0 Å². The van der Waals surface area contributed by atoms with Crippen molar-refractivity contribution in [3.63, 3.8) is 0 Å². The summed E-state index contributed by atoms with van der Waals surface area (Å²) in [5.41, 5.74) is 7.58. The lowest BCUT2D eigenvalue weighted by molar-refractivity contribution is -0.660. The monoisotopic (exact) mass is 410 g/mol. The Morgan fingerprint density at radius 2 is 1.52 bits per heavy atom. The van der Waals surface area contributed by atoms with Crippen molar-refractivity contribution in [2.45, 2.75) is 39.9 Å². The van der Waals surface area contributed by atoms with E-state index in [4.69, 9.17) is 8.22 Å². The average molecular weight is 411 g/mol. The fraction of sp³-hybridized carbons (Fsp3) is 0.233. The van der Waals surface area contributed by atoms with Gasteiger partial charge in [-0.3, -0.25) is 0 Å². The minimum absolute atomic E-state index is 0.231. The third kappa shape index (κ3) is 3.03. The van der Waals surface area contributed by atoms with Crippen LogP contribution in [0, 0.1) is 20.7 Å². The second kappa shape index (κ2) is 6.92. The maximum Gasteiger partial charge on any atom is 0.213 e. The van der Waals surface area contributed by atoms with E-state index in [0.717, 1.165) is 39.1 Å². The van der Waals surface area contributed by atoms with Crippen molar-refractivity contribution in [3.8, 4) is 33.5 Å². The SMILES string of the molecule is [2H]C([2H])([2H])c1c[n+](C)c(-c2ccccc2C)cc1-c1ccc2c(c1)C(C)(C([2H])([2H])[2H])c1cc(C)ccc1-2. The van der Waals surface area contributed by atoms with Crippen LogP contribution in [0.1, 0.15) is 49.8 Å². The summed E-state index contributed by atoms with van der Waals surface area (Å²) in [4.78, 5) is 0. The van der Waals surface area contributed by atoms with Gasteiger partial charge >= 0.3 is 0 Å². The van der Waals surface area contributed by atoms with E-state index in [9.17, 15) is 0 Å². The van der Waals surface area contributed by atoms with Crippen molar-refractivity contribution < 1.29 is 12.8 Å². The lowest BCUT2D eigenvalue weighted by Gasteiger charge is -2.22. The quantitative estimate of drug-likeness (QED) is 0.311. The van der Waals surface area contributed by atoms with Crippen LogP contribution >= 0.6 is 0 Å². The van der Waals surface area contributed by atoms with Gasteiger partial charge in [-0.25, -0.2) is 4.57 Å². The molecule has 0 saturated carbocycles. The van der Waals surface area contributed by atoms with Gasteiger partial charge < -0.3 is 0 Å². The highest BCUT2D eigenvalue weighted by atomic mass is 14.9. The summed E-state index contributed by atoms with van der Waals surface area (Å²) in [6.07, 6.45) is 1.68. The van der Waals surface area contributed by atoms with E-state index in [1.807, 2.05) is 92.2 Å². The molecule has 1 unspecified atom stereocenters. The van der Waals surface area contributed by atoms with Crippen molar-refractivity contribution in [1.82, 2.24) is 0 Å². The van der Waals surface area contributed by atoms with E-state index in [2.05, 4.69) is 0 Å². The zero-order valence-corrected chi connectivity index (χ0v) is 18.4. The fourth-order valence-electron chi connectivity index (χ4n) is 4.83. The molecule has 5 rings (SSSR count). The number of fused-ring (bicyclic) bond motifs is 3. The topological polar surface area (TPSA) is 3.88 Å². The molecular formula is C30H30N+. The zero-order chi connectivity index (χ0) is 26.9. The molecule has 1 heteroatoms. The molecule has 1 aromatic heterocycles. The van der Waals surface area contributed by atoms with Crippen LogP contribution in [0.5, 0.6) is 0 Å². The van der Waals surface area contributed by atoms with Crippen LogP contribution in [0.25, 0.3) is 33.5 Å². The van der Waals surface area contributed by atoms with Crippen LogP contribution in [-0.2, 0) is 12.5 Å². The zero-order valence-electron chi connectivity index (χ0n) is 24.4. The van der Waals surface area contributed by atoms with E-state index in [-0.39, 0.29) is 5.56 Å². The predicted molar refractivity (Wildman–Crippen MR) is 130 cm³/mol. The highest BCUT2D eigenvalue weighted by Crippen LogP contribution is 2.50. The number of nitrogens with zero attached hydrogens (tertiary/aromatic N) is 1. The molecular weight excluding hydrogens is 374 g/mol. The normalized spacial score (nSPS) is 20.5. The second-order valence-corrected chi connectivity index (χ2v) is 8.85. The molecule has 1 aliphatic carbocycles. The first-order valence-electron chi connectivity index (χ1n) is 13.6. The van der Waals surface area contributed by atoms with Crippen molar-refractivity contribution in [3.05, 3.63) is 101 Å². The number of pyridine rings is 1. The molecule has 154 valence electrons. The van der Waals surface area contributed by atoms with E-state index in [1.54, 1.807) is 13.1 Å². The highest BCUT2D eigenvalue weighted by Gasteiger charge is 2.35. The molecule has 1 nitrogen and oxygen atoms in total. The maximum atomic E-state index is 8.51. The smallest absolute Gasteiger partial charge is 0.201 e. The van der Waals surface area contributed by atoms with E-state index < -0.39 is 19.1 Å². The molecule has 4 aromatic rings.